The molecule has 2 heterocycles. The molecule has 0 atom stereocenters. The molecule has 9 heteroatoms. The second-order valence-corrected chi connectivity index (χ2v) is 6.83. The highest BCUT2D eigenvalue weighted by molar-refractivity contribution is 7.13. The van der Waals surface area contributed by atoms with Gasteiger partial charge in [0.25, 0.3) is 11.8 Å². The minimum Gasteiger partial charge on any atom is -0.452 e. The van der Waals surface area contributed by atoms with Crippen molar-refractivity contribution in [2.45, 2.75) is 19.9 Å². The largest absolute Gasteiger partial charge is 0.452 e. The van der Waals surface area contributed by atoms with Crippen LogP contribution >= 0.6 is 11.3 Å². The quantitative estimate of drug-likeness (QED) is 0.535. The SMILES string of the molecule is CCCN(Cc1nnc(-c2cccs2)o1)C(=O)COC(=O)c1cccc(F)c1. The van der Waals surface area contributed by atoms with E-state index < -0.39 is 24.3 Å². The van der Waals surface area contributed by atoms with E-state index in [2.05, 4.69) is 10.2 Å². The van der Waals surface area contributed by atoms with E-state index in [1.165, 1.54) is 34.4 Å². The molecule has 7 nitrogen and oxygen atoms in total. The summed E-state index contributed by atoms with van der Waals surface area (Å²) in [5, 5.41) is 9.87. The zero-order valence-electron chi connectivity index (χ0n) is 15.1. The summed E-state index contributed by atoms with van der Waals surface area (Å²) in [7, 11) is 0. The molecule has 0 unspecified atom stereocenters. The maximum Gasteiger partial charge on any atom is 0.338 e. The van der Waals surface area contributed by atoms with Gasteiger partial charge in [-0.25, -0.2) is 9.18 Å². The predicted molar refractivity (Wildman–Crippen MR) is 100 cm³/mol. The van der Waals surface area contributed by atoms with Gasteiger partial charge >= 0.3 is 5.97 Å². The van der Waals surface area contributed by atoms with Gasteiger partial charge in [-0.3, -0.25) is 4.79 Å². The average Bonchev–Trinajstić information content (AvgIpc) is 3.37. The van der Waals surface area contributed by atoms with Crippen LogP contribution in [0.15, 0.2) is 46.2 Å². The number of aromatic nitrogens is 2. The smallest absolute Gasteiger partial charge is 0.338 e. The lowest BCUT2D eigenvalue weighted by Crippen LogP contribution is -2.35. The summed E-state index contributed by atoms with van der Waals surface area (Å²) in [4.78, 5) is 26.8. The fraction of sp³-hybridized carbons (Fsp3) is 0.263. The number of ether oxygens (including phenoxy) is 1. The first-order valence-corrected chi connectivity index (χ1v) is 9.51. The molecule has 0 saturated carbocycles. The van der Waals surface area contributed by atoms with Gasteiger partial charge in [0.15, 0.2) is 6.61 Å². The highest BCUT2D eigenvalue weighted by atomic mass is 32.1. The summed E-state index contributed by atoms with van der Waals surface area (Å²) in [6.45, 7) is 2.01. The molecule has 146 valence electrons. The highest BCUT2D eigenvalue weighted by Crippen LogP contribution is 2.23. The summed E-state index contributed by atoms with van der Waals surface area (Å²) in [5.74, 6) is -1.02. The summed E-state index contributed by atoms with van der Waals surface area (Å²) in [6, 6.07) is 8.84. The van der Waals surface area contributed by atoms with Crippen LogP contribution in [0.1, 0.15) is 29.6 Å². The molecule has 1 amide bonds. The molecule has 3 rings (SSSR count). The number of esters is 1. The molecular formula is C19H18FN3O4S. The molecule has 0 aliphatic carbocycles. The normalized spacial score (nSPS) is 10.6. The van der Waals surface area contributed by atoms with Crippen LogP contribution in [0, 0.1) is 5.82 Å². The molecule has 0 bridgehead atoms. The maximum atomic E-state index is 13.2. The minimum atomic E-state index is -0.762. The topological polar surface area (TPSA) is 85.5 Å². The number of hydrogen-bond donors (Lipinski definition) is 0. The van der Waals surface area contributed by atoms with Crippen molar-refractivity contribution in [1.82, 2.24) is 15.1 Å². The number of rotatable bonds is 8. The zero-order chi connectivity index (χ0) is 19.9. The summed E-state index contributed by atoms with van der Waals surface area (Å²) < 4.78 is 23.8. The van der Waals surface area contributed by atoms with Gasteiger partial charge in [-0.05, 0) is 36.1 Å². The number of hydrogen-bond acceptors (Lipinski definition) is 7. The lowest BCUT2D eigenvalue weighted by Gasteiger charge is -2.20. The Labute approximate surface area is 164 Å². The molecule has 0 fully saturated rings. The Hall–Kier alpha value is -3.07. The number of thiophene rings is 1. The Morgan fingerprint density at radius 1 is 1.25 bits per heavy atom. The van der Waals surface area contributed by atoms with Gasteiger partial charge in [0.2, 0.25) is 5.89 Å². The Bertz CT molecular complexity index is 942. The third-order valence-corrected chi connectivity index (χ3v) is 4.62. The molecule has 0 aliphatic heterocycles. The van der Waals surface area contributed by atoms with E-state index in [1.807, 2.05) is 24.4 Å². The number of benzene rings is 1. The van der Waals surface area contributed by atoms with Gasteiger partial charge in [0.05, 0.1) is 17.0 Å². The van der Waals surface area contributed by atoms with E-state index in [0.29, 0.717) is 24.7 Å². The molecule has 28 heavy (non-hydrogen) atoms. The van der Waals surface area contributed by atoms with Gasteiger partial charge in [0, 0.05) is 6.54 Å². The molecule has 1 aromatic carbocycles. The lowest BCUT2D eigenvalue weighted by atomic mass is 10.2. The molecule has 0 N–H and O–H groups in total. The molecule has 2 aromatic heterocycles. The summed E-state index contributed by atoms with van der Waals surface area (Å²) >= 11 is 1.47. The second-order valence-electron chi connectivity index (χ2n) is 5.88. The fourth-order valence-electron chi connectivity index (χ4n) is 2.46. The Morgan fingerprint density at radius 2 is 2.11 bits per heavy atom. The van der Waals surface area contributed by atoms with Crippen molar-refractivity contribution in [3.8, 4) is 10.8 Å². The van der Waals surface area contributed by atoms with Crippen LogP contribution in [-0.2, 0) is 16.1 Å². The first-order chi connectivity index (χ1) is 13.6. The zero-order valence-corrected chi connectivity index (χ0v) is 15.9. The monoisotopic (exact) mass is 403 g/mol. The average molecular weight is 403 g/mol. The van der Waals surface area contributed by atoms with E-state index in [4.69, 9.17) is 9.15 Å². The molecule has 0 aliphatic rings. The van der Waals surface area contributed by atoms with Crippen molar-refractivity contribution in [1.29, 1.82) is 0 Å². The summed E-state index contributed by atoms with van der Waals surface area (Å²) in [5.41, 5.74) is 0.0485. The first-order valence-electron chi connectivity index (χ1n) is 8.63. The van der Waals surface area contributed by atoms with Crippen molar-refractivity contribution < 1.29 is 23.1 Å². The van der Waals surface area contributed by atoms with Crippen LogP contribution in [0.2, 0.25) is 0 Å². The van der Waals surface area contributed by atoms with Crippen molar-refractivity contribution in [3.63, 3.8) is 0 Å². The van der Waals surface area contributed by atoms with Crippen molar-refractivity contribution in [3.05, 3.63) is 59.0 Å². The predicted octanol–water partition coefficient (Wildman–Crippen LogP) is 3.53. The number of amides is 1. The molecular weight excluding hydrogens is 385 g/mol. The Morgan fingerprint density at radius 3 is 2.82 bits per heavy atom. The fourth-order valence-corrected chi connectivity index (χ4v) is 3.10. The van der Waals surface area contributed by atoms with Gasteiger partial charge < -0.3 is 14.1 Å². The van der Waals surface area contributed by atoms with Crippen molar-refractivity contribution in [2.24, 2.45) is 0 Å². The highest BCUT2D eigenvalue weighted by Gasteiger charge is 2.19. The second kappa shape index (κ2) is 9.23. The molecule has 0 radical (unpaired) electrons. The standard InChI is InChI=1S/C19H18FN3O4S/c1-2-8-23(11-16-21-22-18(27-16)15-7-4-9-28-15)17(24)12-26-19(25)13-5-3-6-14(20)10-13/h3-7,9-10H,2,8,11-12H2,1H3. The number of nitrogens with zero attached hydrogens (tertiary/aromatic N) is 3. The van der Waals surface area contributed by atoms with E-state index in [9.17, 15) is 14.0 Å². The number of halogens is 1. The van der Waals surface area contributed by atoms with E-state index >= 15 is 0 Å². The van der Waals surface area contributed by atoms with Crippen LogP contribution < -0.4 is 0 Å². The minimum absolute atomic E-state index is 0.0485. The van der Waals surface area contributed by atoms with Crippen LogP contribution in [0.5, 0.6) is 0 Å². The van der Waals surface area contributed by atoms with Gasteiger partial charge in [-0.1, -0.05) is 19.1 Å². The van der Waals surface area contributed by atoms with E-state index in [1.54, 1.807) is 0 Å². The van der Waals surface area contributed by atoms with E-state index in [-0.39, 0.29) is 12.1 Å². The number of carbonyl (C=O) groups is 2. The van der Waals surface area contributed by atoms with Crippen molar-refractivity contribution in [2.75, 3.05) is 13.2 Å². The summed E-state index contributed by atoms with van der Waals surface area (Å²) in [6.07, 6.45) is 0.704. The first kappa shape index (κ1) is 19.7. The lowest BCUT2D eigenvalue weighted by molar-refractivity contribution is -0.135. The third-order valence-electron chi connectivity index (χ3n) is 3.76. The Kier molecular flexibility index (Phi) is 6.49. The van der Waals surface area contributed by atoms with Gasteiger partial charge in [-0.2, -0.15) is 0 Å². The van der Waals surface area contributed by atoms with E-state index in [0.717, 1.165) is 10.9 Å². The Balaban J connectivity index is 1.60. The van der Waals surface area contributed by atoms with Crippen LogP contribution in [0.3, 0.4) is 0 Å². The molecule has 3 aromatic rings. The van der Waals surface area contributed by atoms with Crippen LogP contribution in [0.25, 0.3) is 10.8 Å². The molecule has 0 saturated heterocycles. The third kappa shape index (κ3) is 5.01. The van der Waals surface area contributed by atoms with Crippen LogP contribution in [0.4, 0.5) is 4.39 Å². The van der Waals surface area contributed by atoms with Crippen LogP contribution in [-0.4, -0.2) is 40.1 Å². The maximum absolute atomic E-state index is 13.2. The molecule has 0 spiro atoms. The van der Waals surface area contributed by atoms with Crippen molar-refractivity contribution >= 4 is 23.2 Å². The van der Waals surface area contributed by atoms with Gasteiger partial charge in [0.1, 0.15) is 5.82 Å². The number of carbonyl (C=O) groups excluding carboxylic acids is 2. The van der Waals surface area contributed by atoms with Gasteiger partial charge in [-0.15, -0.1) is 21.5 Å².